The third-order valence-electron chi connectivity index (χ3n) is 4.28. The van der Waals surface area contributed by atoms with E-state index in [2.05, 4.69) is 10.6 Å². The van der Waals surface area contributed by atoms with Gasteiger partial charge in [-0.2, -0.15) is 13.2 Å². The molecule has 0 heterocycles. The molecule has 2 atom stereocenters. The molecule has 1 fully saturated rings. The predicted octanol–water partition coefficient (Wildman–Crippen LogP) is 2.98. The van der Waals surface area contributed by atoms with Crippen LogP contribution in [0.1, 0.15) is 49.7 Å². The van der Waals surface area contributed by atoms with Crippen LogP contribution in [0.25, 0.3) is 0 Å². The van der Waals surface area contributed by atoms with E-state index in [-0.39, 0.29) is 35.9 Å². The lowest BCUT2D eigenvalue weighted by molar-refractivity contribution is -0.138. The van der Waals surface area contributed by atoms with Gasteiger partial charge in [0.05, 0.1) is 12.1 Å². The van der Waals surface area contributed by atoms with Crippen LogP contribution in [0.4, 0.5) is 13.2 Å². The van der Waals surface area contributed by atoms with Crippen molar-refractivity contribution < 1.29 is 22.8 Å². The largest absolute Gasteiger partial charge is 0.416 e. The van der Waals surface area contributed by atoms with E-state index in [1.165, 1.54) is 19.1 Å². The molecular weight excluding hydrogens is 321 g/mol. The Hall–Kier alpha value is -2.05. The summed E-state index contributed by atoms with van der Waals surface area (Å²) in [6.45, 7) is 1.13. The van der Waals surface area contributed by atoms with Crippen LogP contribution in [-0.4, -0.2) is 24.4 Å². The number of benzene rings is 1. The maximum atomic E-state index is 13.3. The smallest absolute Gasteiger partial charge is 0.351 e. The highest BCUT2D eigenvalue weighted by Gasteiger charge is 2.37. The van der Waals surface area contributed by atoms with E-state index in [1.807, 2.05) is 0 Å². The topological polar surface area (TPSA) is 58.2 Å². The van der Waals surface area contributed by atoms with E-state index in [4.69, 9.17) is 0 Å². The molecule has 0 saturated heterocycles. The summed E-state index contributed by atoms with van der Waals surface area (Å²) in [5, 5.41) is 5.17. The normalized spacial score (nSPS) is 21.2. The number of carbonyl (C=O) groups excluding carboxylic acids is 2. The number of carbonyl (C=O) groups is 2. The van der Waals surface area contributed by atoms with Crippen molar-refractivity contribution in [2.75, 3.05) is 6.54 Å². The van der Waals surface area contributed by atoms with Crippen molar-refractivity contribution in [3.8, 4) is 0 Å². The highest BCUT2D eigenvalue weighted by Crippen LogP contribution is 2.40. The molecule has 2 amide bonds. The average Bonchev–Trinajstić information content (AvgIpc) is 2.53. The Bertz CT molecular complexity index is 602. The molecule has 0 unspecified atom stereocenters. The zero-order valence-electron chi connectivity index (χ0n) is 13.5. The number of alkyl halides is 3. The second-order valence-electron chi connectivity index (χ2n) is 6.06. The van der Waals surface area contributed by atoms with Gasteiger partial charge in [0.15, 0.2) is 0 Å². The fraction of sp³-hybridized carbons (Fsp3) is 0.529. The molecule has 0 aromatic heterocycles. The van der Waals surface area contributed by atoms with Crippen molar-refractivity contribution in [3.05, 3.63) is 35.4 Å². The Morgan fingerprint density at radius 1 is 1.17 bits per heavy atom. The Morgan fingerprint density at radius 3 is 2.50 bits per heavy atom. The second-order valence-corrected chi connectivity index (χ2v) is 6.06. The molecule has 0 radical (unpaired) electrons. The van der Waals surface area contributed by atoms with Crippen molar-refractivity contribution in [1.29, 1.82) is 0 Å². The second kappa shape index (κ2) is 7.68. The van der Waals surface area contributed by atoms with E-state index < -0.39 is 11.7 Å². The summed E-state index contributed by atoms with van der Waals surface area (Å²) in [6.07, 6.45) is -1.51. The van der Waals surface area contributed by atoms with Crippen LogP contribution in [-0.2, 0) is 15.8 Å². The summed E-state index contributed by atoms with van der Waals surface area (Å²) in [5.74, 6) is -1.09. The quantitative estimate of drug-likeness (QED) is 0.884. The van der Waals surface area contributed by atoms with Gasteiger partial charge >= 0.3 is 6.18 Å². The minimum absolute atomic E-state index is 0.167. The molecular formula is C17H21F3N2O2. The molecule has 7 heteroatoms. The Labute approximate surface area is 138 Å². The Morgan fingerprint density at radius 2 is 1.83 bits per heavy atom. The fourth-order valence-corrected chi connectivity index (χ4v) is 3.22. The summed E-state index contributed by atoms with van der Waals surface area (Å²) in [7, 11) is 0. The average molecular weight is 342 g/mol. The standard InChI is InChI=1S/C17H21F3N2O2/c1-11(23)21-10-16(24)22-15-9-5-3-7-13(15)12-6-2-4-8-14(12)17(18,19)20/h2,4,6,8,13,15H,3,5,7,9-10H2,1H3,(H,21,23)(H,22,24)/t13-,15-/m1/s1. The highest BCUT2D eigenvalue weighted by molar-refractivity contribution is 5.83. The summed E-state index contributed by atoms with van der Waals surface area (Å²) >= 11 is 0. The van der Waals surface area contributed by atoms with Gasteiger partial charge in [0.25, 0.3) is 0 Å². The van der Waals surface area contributed by atoms with Crippen molar-refractivity contribution in [3.63, 3.8) is 0 Å². The van der Waals surface area contributed by atoms with Crippen LogP contribution in [0.15, 0.2) is 24.3 Å². The van der Waals surface area contributed by atoms with Crippen LogP contribution < -0.4 is 10.6 Å². The summed E-state index contributed by atoms with van der Waals surface area (Å²) < 4.78 is 39.8. The summed E-state index contributed by atoms with van der Waals surface area (Å²) in [4.78, 5) is 22.8. The number of nitrogens with one attached hydrogen (secondary N) is 2. The predicted molar refractivity (Wildman–Crippen MR) is 83.3 cm³/mol. The van der Waals surface area contributed by atoms with Gasteiger partial charge in [0.2, 0.25) is 11.8 Å². The van der Waals surface area contributed by atoms with Crippen LogP contribution in [0.2, 0.25) is 0 Å². The van der Waals surface area contributed by atoms with E-state index in [0.717, 1.165) is 18.9 Å². The monoisotopic (exact) mass is 342 g/mol. The zero-order chi connectivity index (χ0) is 17.7. The molecule has 2 N–H and O–H groups in total. The first-order valence-corrected chi connectivity index (χ1v) is 7.99. The third kappa shape index (κ3) is 4.72. The Kier molecular flexibility index (Phi) is 5.85. The molecule has 1 aromatic carbocycles. The van der Waals surface area contributed by atoms with Gasteiger partial charge < -0.3 is 10.6 Å². The first-order chi connectivity index (χ1) is 11.3. The first-order valence-electron chi connectivity index (χ1n) is 7.99. The minimum atomic E-state index is -4.42. The molecule has 4 nitrogen and oxygen atoms in total. The SMILES string of the molecule is CC(=O)NCC(=O)N[C@@H]1CCCC[C@@H]1c1ccccc1C(F)(F)F. The van der Waals surface area contributed by atoms with Gasteiger partial charge in [-0.3, -0.25) is 9.59 Å². The molecule has 0 spiro atoms. The van der Waals surface area contributed by atoms with Gasteiger partial charge in [-0.05, 0) is 24.5 Å². The number of hydrogen-bond acceptors (Lipinski definition) is 2. The summed E-state index contributed by atoms with van der Waals surface area (Å²) in [6, 6.07) is 5.18. The molecule has 1 aliphatic carbocycles. The van der Waals surface area contributed by atoms with Crippen LogP contribution in [0.3, 0.4) is 0 Å². The van der Waals surface area contributed by atoms with E-state index in [1.54, 1.807) is 6.07 Å². The number of rotatable bonds is 4. The number of hydrogen-bond donors (Lipinski definition) is 2. The lowest BCUT2D eigenvalue weighted by atomic mass is 9.78. The fourth-order valence-electron chi connectivity index (χ4n) is 3.22. The molecule has 1 saturated carbocycles. The minimum Gasteiger partial charge on any atom is -0.351 e. The van der Waals surface area contributed by atoms with E-state index >= 15 is 0 Å². The zero-order valence-corrected chi connectivity index (χ0v) is 13.5. The van der Waals surface area contributed by atoms with Crippen molar-refractivity contribution in [1.82, 2.24) is 10.6 Å². The highest BCUT2D eigenvalue weighted by atomic mass is 19.4. The molecule has 132 valence electrons. The van der Waals surface area contributed by atoms with E-state index in [0.29, 0.717) is 12.8 Å². The lowest BCUT2D eigenvalue weighted by Crippen LogP contribution is -2.45. The lowest BCUT2D eigenvalue weighted by Gasteiger charge is -2.34. The molecule has 1 aliphatic rings. The van der Waals surface area contributed by atoms with Crippen LogP contribution in [0, 0.1) is 0 Å². The van der Waals surface area contributed by atoms with E-state index in [9.17, 15) is 22.8 Å². The van der Waals surface area contributed by atoms with Gasteiger partial charge in [0, 0.05) is 18.9 Å². The van der Waals surface area contributed by atoms with Gasteiger partial charge in [-0.1, -0.05) is 31.0 Å². The third-order valence-corrected chi connectivity index (χ3v) is 4.28. The van der Waals surface area contributed by atoms with Gasteiger partial charge in [-0.15, -0.1) is 0 Å². The molecule has 1 aromatic rings. The van der Waals surface area contributed by atoms with Gasteiger partial charge in [0.1, 0.15) is 0 Å². The first kappa shape index (κ1) is 18.3. The number of halogens is 3. The van der Waals surface area contributed by atoms with Crippen LogP contribution >= 0.6 is 0 Å². The molecule has 2 rings (SSSR count). The van der Waals surface area contributed by atoms with Gasteiger partial charge in [-0.25, -0.2) is 0 Å². The number of amides is 2. The summed E-state index contributed by atoms with van der Waals surface area (Å²) in [5.41, 5.74) is -0.410. The van der Waals surface area contributed by atoms with Crippen molar-refractivity contribution in [2.24, 2.45) is 0 Å². The van der Waals surface area contributed by atoms with Crippen molar-refractivity contribution >= 4 is 11.8 Å². The molecule has 0 aliphatic heterocycles. The molecule has 24 heavy (non-hydrogen) atoms. The molecule has 0 bridgehead atoms. The van der Waals surface area contributed by atoms with Crippen molar-refractivity contribution in [2.45, 2.75) is 50.7 Å². The maximum Gasteiger partial charge on any atom is 0.416 e. The maximum absolute atomic E-state index is 13.3. The van der Waals surface area contributed by atoms with Crippen LogP contribution in [0.5, 0.6) is 0 Å². The Balaban J connectivity index is 2.18.